The largest absolute Gasteiger partial charge is 0.347 e. The Balaban J connectivity index is 1.76. The minimum absolute atomic E-state index is 0.0270. The van der Waals surface area contributed by atoms with Gasteiger partial charge < -0.3 is 10.6 Å². The van der Waals surface area contributed by atoms with E-state index in [9.17, 15) is 9.59 Å². The van der Waals surface area contributed by atoms with Crippen LogP contribution in [-0.2, 0) is 16.0 Å². The van der Waals surface area contributed by atoms with Gasteiger partial charge in [0.2, 0.25) is 11.8 Å². The highest BCUT2D eigenvalue weighted by atomic mass is 16.2. The fourth-order valence-corrected chi connectivity index (χ4v) is 3.25. The molecule has 4 heteroatoms. The predicted molar refractivity (Wildman–Crippen MR) is 76.1 cm³/mol. The molecule has 1 aromatic rings. The first-order valence-electron chi connectivity index (χ1n) is 7.24. The third kappa shape index (κ3) is 2.30. The molecule has 1 aromatic carbocycles. The van der Waals surface area contributed by atoms with Crippen molar-refractivity contribution in [3.05, 3.63) is 34.9 Å². The fraction of sp³-hybridized carbons (Fsp3) is 0.500. The van der Waals surface area contributed by atoms with Crippen LogP contribution < -0.4 is 10.6 Å². The topological polar surface area (TPSA) is 58.2 Å². The number of fused-ring (bicyclic) bond motifs is 1. The standard InChI is InChI=1S/C16H20N2O2/c1-9-3-4-11-8-10(2)15(12(11)7-9)18-16(20)13-5-6-14(19)17-13/h3-4,7,10,13,15H,5-6,8H2,1-2H3,(H,17,19)(H,18,20)/t10-,13+,15-/m1/s1. The molecule has 0 saturated carbocycles. The van der Waals surface area contributed by atoms with Crippen molar-refractivity contribution in [2.45, 2.75) is 45.2 Å². The molecule has 0 aromatic heterocycles. The van der Waals surface area contributed by atoms with Crippen LogP contribution in [0.4, 0.5) is 0 Å². The lowest BCUT2D eigenvalue weighted by atomic mass is 10.0. The van der Waals surface area contributed by atoms with E-state index >= 15 is 0 Å². The summed E-state index contributed by atoms with van der Waals surface area (Å²) in [4.78, 5) is 23.5. The van der Waals surface area contributed by atoms with Crippen molar-refractivity contribution in [3.8, 4) is 0 Å². The molecule has 1 aliphatic carbocycles. The van der Waals surface area contributed by atoms with Crippen LogP contribution in [-0.4, -0.2) is 17.9 Å². The second-order valence-electron chi connectivity index (χ2n) is 6.03. The van der Waals surface area contributed by atoms with Crippen LogP contribution in [0, 0.1) is 12.8 Å². The van der Waals surface area contributed by atoms with Gasteiger partial charge in [-0.2, -0.15) is 0 Å². The maximum absolute atomic E-state index is 12.3. The first kappa shape index (κ1) is 13.2. The number of aryl methyl sites for hydroxylation is 1. The van der Waals surface area contributed by atoms with Gasteiger partial charge in [0.1, 0.15) is 6.04 Å². The van der Waals surface area contributed by atoms with Crippen molar-refractivity contribution >= 4 is 11.8 Å². The van der Waals surface area contributed by atoms with Gasteiger partial charge in [-0.3, -0.25) is 9.59 Å². The molecule has 4 nitrogen and oxygen atoms in total. The van der Waals surface area contributed by atoms with Crippen LogP contribution in [0.25, 0.3) is 0 Å². The third-order valence-corrected chi connectivity index (χ3v) is 4.36. The van der Waals surface area contributed by atoms with Crippen molar-refractivity contribution < 1.29 is 9.59 Å². The Bertz CT molecular complexity index is 568. The highest BCUT2D eigenvalue weighted by molar-refractivity contribution is 5.91. The minimum Gasteiger partial charge on any atom is -0.347 e. The predicted octanol–water partition coefficient (Wildman–Crippen LogP) is 1.62. The molecular weight excluding hydrogens is 252 g/mol. The Hall–Kier alpha value is -1.84. The number of rotatable bonds is 2. The SMILES string of the molecule is Cc1ccc2c(c1)[C@H](NC(=O)[C@@H]1CCC(=O)N1)[C@H](C)C2. The normalized spacial score (nSPS) is 28.1. The number of benzene rings is 1. The average Bonchev–Trinajstić information content (AvgIpc) is 2.95. The second kappa shape index (κ2) is 4.93. The van der Waals surface area contributed by atoms with Gasteiger partial charge in [0.15, 0.2) is 0 Å². The molecule has 3 rings (SSSR count). The zero-order chi connectivity index (χ0) is 14.3. The lowest BCUT2D eigenvalue weighted by molar-refractivity contribution is -0.126. The highest BCUT2D eigenvalue weighted by Gasteiger charge is 2.34. The minimum atomic E-state index is -0.358. The molecule has 0 spiro atoms. The molecule has 1 aliphatic heterocycles. The number of amides is 2. The second-order valence-corrected chi connectivity index (χ2v) is 6.03. The molecule has 1 heterocycles. The Kier molecular flexibility index (Phi) is 3.24. The van der Waals surface area contributed by atoms with Gasteiger partial charge in [0.25, 0.3) is 0 Å². The molecule has 20 heavy (non-hydrogen) atoms. The summed E-state index contributed by atoms with van der Waals surface area (Å²) in [5.74, 6) is 0.316. The zero-order valence-electron chi connectivity index (χ0n) is 11.9. The molecular formula is C16H20N2O2. The Morgan fingerprint density at radius 2 is 2.20 bits per heavy atom. The summed E-state index contributed by atoms with van der Waals surface area (Å²) < 4.78 is 0. The lowest BCUT2D eigenvalue weighted by Gasteiger charge is -2.21. The van der Waals surface area contributed by atoms with E-state index in [4.69, 9.17) is 0 Å². The fourth-order valence-electron chi connectivity index (χ4n) is 3.25. The monoisotopic (exact) mass is 272 g/mol. The molecule has 3 atom stereocenters. The lowest BCUT2D eigenvalue weighted by Crippen LogP contribution is -2.43. The van der Waals surface area contributed by atoms with E-state index in [1.54, 1.807) is 0 Å². The first-order valence-corrected chi connectivity index (χ1v) is 7.24. The number of carbonyl (C=O) groups excluding carboxylic acids is 2. The van der Waals surface area contributed by atoms with Gasteiger partial charge >= 0.3 is 0 Å². The van der Waals surface area contributed by atoms with Crippen LogP contribution in [0.5, 0.6) is 0 Å². The van der Waals surface area contributed by atoms with E-state index in [-0.39, 0.29) is 23.9 Å². The highest BCUT2D eigenvalue weighted by Crippen LogP contribution is 2.36. The van der Waals surface area contributed by atoms with Crippen molar-refractivity contribution in [1.82, 2.24) is 10.6 Å². The smallest absolute Gasteiger partial charge is 0.243 e. The first-order chi connectivity index (χ1) is 9.54. The molecule has 2 N–H and O–H groups in total. The van der Waals surface area contributed by atoms with E-state index in [1.807, 2.05) is 0 Å². The summed E-state index contributed by atoms with van der Waals surface area (Å²) in [5.41, 5.74) is 3.77. The van der Waals surface area contributed by atoms with Crippen LogP contribution in [0.15, 0.2) is 18.2 Å². The van der Waals surface area contributed by atoms with Crippen LogP contribution in [0.1, 0.15) is 42.5 Å². The molecule has 0 bridgehead atoms. The van der Waals surface area contributed by atoms with E-state index < -0.39 is 0 Å². The van der Waals surface area contributed by atoms with Gasteiger partial charge in [0.05, 0.1) is 6.04 Å². The van der Waals surface area contributed by atoms with Crippen molar-refractivity contribution in [2.24, 2.45) is 5.92 Å². The molecule has 1 saturated heterocycles. The quantitative estimate of drug-likeness (QED) is 0.859. The maximum Gasteiger partial charge on any atom is 0.243 e. The zero-order valence-corrected chi connectivity index (χ0v) is 11.9. The average molecular weight is 272 g/mol. The van der Waals surface area contributed by atoms with E-state index in [0.717, 1.165) is 6.42 Å². The summed E-state index contributed by atoms with van der Waals surface area (Å²) in [5, 5.41) is 5.85. The Labute approximate surface area is 118 Å². The summed E-state index contributed by atoms with van der Waals surface area (Å²) in [6.45, 7) is 4.23. The van der Waals surface area contributed by atoms with Crippen molar-refractivity contribution in [3.63, 3.8) is 0 Å². The third-order valence-electron chi connectivity index (χ3n) is 4.36. The van der Waals surface area contributed by atoms with Gasteiger partial charge in [-0.05, 0) is 36.8 Å². The summed E-state index contributed by atoms with van der Waals surface area (Å²) in [6.07, 6.45) is 2.05. The van der Waals surface area contributed by atoms with E-state index in [1.165, 1.54) is 16.7 Å². The molecule has 2 aliphatic rings. The maximum atomic E-state index is 12.3. The molecule has 0 unspecified atom stereocenters. The summed E-state index contributed by atoms with van der Waals surface area (Å²) in [7, 11) is 0. The van der Waals surface area contributed by atoms with Gasteiger partial charge in [-0.1, -0.05) is 30.7 Å². The summed E-state index contributed by atoms with van der Waals surface area (Å²) >= 11 is 0. The van der Waals surface area contributed by atoms with Crippen LogP contribution in [0.3, 0.4) is 0 Å². The van der Waals surface area contributed by atoms with E-state index in [0.29, 0.717) is 18.8 Å². The van der Waals surface area contributed by atoms with Gasteiger partial charge in [0, 0.05) is 6.42 Å². The van der Waals surface area contributed by atoms with Crippen molar-refractivity contribution in [2.75, 3.05) is 0 Å². The number of carbonyl (C=O) groups is 2. The number of hydrogen-bond donors (Lipinski definition) is 2. The Morgan fingerprint density at radius 3 is 2.90 bits per heavy atom. The van der Waals surface area contributed by atoms with Crippen LogP contribution in [0.2, 0.25) is 0 Å². The molecule has 1 fully saturated rings. The molecule has 0 radical (unpaired) electrons. The molecule has 2 amide bonds. The molecule has 106 valence electrons. The van der Waals surface area contributed by atoms with Gasteiger partial charge in [-0.25, -0.2) is 0 Å². The van der Waals surface area contributed by atoms with E-state index in [2.05, 4.69) is 42.7 Å². The van der Waals surface area contributed by atoms with Crippen molar-refractivity contribution in [1.29, 1.82) is 0 Å². The van der Waals surface area contributed by atoms with Crippen LogP contribution >= 0.6 is 0 Å². The summed E-state index contributed by atoms with van der Waals surface area (Å²) in [6, 6.07) is 6.15. The Morgan fingerprint density at radius 1 is 1.40 bits per heavy atom. The number of nitrogens with one attached hydrogen (secondary N) is 2. The number of hydrogen-bond acceptors (Lipinski definition) is 2. The van der Waals surface area contributed by atoms with Gasteiger partial charge in [-0.15, -0.1) is 0 Å².